The van der Waals surface area contributed by atoms with Crippen molar-refractivity contribution in [1.82, 2.24) is 0 Å². The van der Waals surface area contributed by atoms with Gasteiger partial charge in [0.2, 0.25) is 0 Å². The topological polar surface area (TPSA) is 159 Å². The van der Waals surface area contributed by atoms with Gasteiger partial charge in [0.15, 0.2) is 36.8 Å². The van der Waals surface area contributed by atoms with E-state index >= 15 is 0 Å². The Morgan fingerprint density at radius 2 is 1.17 bits per heavy atom. The van der Waals surface area contributed by atoms with Crippen molar-refractivity contribution in [2.45, 2.75) is 101 Å². The molecule has 13 nitrogen and oxygen atoms in total. The highest BCUT2D eigenvalue weighted by Gasteiger charge is 2.54. The Balaban J connectivity index is 1.75. The number of ether oxygens (including phenoxy) is 8. The minimum atomic E-state index is -1.44. The Bertz CT molecular complexity index is 1420. The van der Waals surface area contributed by atoms with Gasteiger partial charge < -0.3 is 37.9 Å². The maximum absolute atomic E-state index is 13.5. The number of benzene rings is 2. The monoisotopic (exact) mass is 688 g/mol. The summed E-state index contributed by atoms with van der Waals surface area (Å²) >= 11 is 1.36. The summed E-state index contributed by atoms with van der Waals surface area (Å²) in [6.07, 6.45) is -9.73. The van der Waals surface area contributed by atoms with Crippen LogP contribution in [0.25, 0.3) is 0 Å². The number of thioether (sulfide) groups is 1. The second-order valence-electron chi connectivity index (χ2n) is 11.5. The number of esters is 5. The van der Waals surface area contributed by atoms with Crippen LogP contribution < -0.4 is 0 Å². The summed E-state index contributed by atoms with van der Waals surface area (Å²) in [7, 11) is 0. The molecule has 9 atom stereocenters. The SMILES string of the molecule is CC(=O)O[C@@H]1[C@@H](OC(C)=O)[C@H](O[C@@H]2[C@H](OC(=O)c3ccccc3)[C@@H](OC(=O)c3ccccc3)[C@H](C)O[C@H]2SC(C)C)OC[C@@H]1OC(C)=O. The van der Waals surface area contributed by atoms with E-state index in [1.807, 2.05) is 13.8 Å². The van der Waals surface area contributed by atoms with E-state index in [0.29, 0.717) is 0 Å². The molecule has 0 bridgehead atoms. The molecule has 48 heavy (non-hydrogen) atoms. The van der Waals surface area contributed by atoms with Crippen molar-refractivity contribution in [2.24, 2.45) is 0 Å². The van der Waals surface area contributed by atoms with Crippen molar-refractivity contribution in [3.8, 4) is 0 Å². The maximum Gasteiger partial charge on any atom is 0.338 e. The summed E-state index contributed by atoms with van der Waals surface area (Å²) in [5.74, 6) is -3.58. The van der Waals surface area contributed by atoms with Gasteiger partial charge in [0.05, 0.1) is 23.8 Å². The third-order valence-electron chi connectivity index (χ3n) is 7.23. The highest BCUT2D eigenvalue weighted by molar-refractivity contribution is 8.00. The molecule has 2 fully saturated rings. The summed E-state index contributed by atoms with van der Waals surface area (Å²) < 4.78 is 47.2. The van der Waals surface area contributed by atoms with Crippen LogP contribution in [0, 0.1) is 0 Å². The van der Waals surface area contributed by atoms with Gasteiger partial charge in [-0.2, -0.15) is 0 Å². The molecule has 0 amide bonds. The van der Waals surface area contributed by atoms with Gasteiger partial charge in [-0.1, -0.05) is 50.2 Å². The molecule has 0 aliphatic carbocycles. The van der Waals surface area contributed by atoms with Gasteiger partial charge in [-0.15, -0.1) is 11.8 Å². The van der Waals surface area contributed by atoms with Gasteiger partial charge in [-0.05, 0) is 31.2 Å². The predicted molar refractivity (Wildman–Crippen MR) is 170 cm³/mol. The first-order chi connectivity index (χ1) is 22.8. The highest BCUT2D eigenvalue weighted by atomic mass is 32.2. The molecule has 2 aliphatic heterocycles. The Hall–Kier alpha value is -3.98. The second kappa shape index (κ2) is 16.9. The van der Waals surface area contributed by atoms with Crippen molar-refractivity contribution in [1.29, 1.82) is 0 Å². The van der Waals surface area contributed by atoms with E-state index in [4.69, 9.17) is 37.9 Å². The molecule has 2 aliphatic rings. The van der Waals surface area contributed by atoms with Crippen LogP contribution in [0.5, 0.6) is 0 Å². The molecule has 0 N–H and O–H groups in total. The van der Waals surface area contributed by atoms with Crippen LogP contribution in [0.1, 0.15) is 62.3 Å². The lowest BCUT2D eigenvalue weighted by Crippen LogP contribution is -2.64. The summed E-state index contributed by atoms with van der Waals surface area (Å²) in [6.45, 7) is 8.72. The zero-order valence-electron chi connectivity index (χ0n) is 27.5. The molecule has 0 unspecified atom stereocenters. The van der Waals surface area contributed by atoms with E-state index in [1.54, 1.807) is 67.6 Å². The van der Waals surface area contributed by atoms with Gasteiger partial charge >= 0.3 is 29.8 Å². The molecular weight excluding hydrogens is 648 g/mol. The van der Waals surface area contributed by atoms with E-state index in [9.17, 15) is 24.0 Å². The van der Waals surface area contributed by atoms with Gasteiger partial charge in [-0.25, -0.2) is 9.59 Å². The lowest BCUT2D eigenvalue weighted by atomic mass is 9.98. The van der Waals surface area contributed by atoms with Crippen LogP contribution in [0.4, 0.5) is 0 Å². The average molecular weight is 689 g/mol. The summed E-state index contributed by atoms with van der Waals surface area (Å²) in [5, 5.41) is -0.0131. The van der Waals surface area contributed by atoms with E-state index < -0.39 is 84.3 Å². The average Bonchev–Trinajstić information content (AvgIpc) is 3.03. The summed E-state index contributed by atoms with van der Waals surface area (Å²) in [4.78, 5) is 63.2. The van der Waals surface area contributed by atoms with Crippen molar-refractivity contribution in [3.05, 3.63) is 71.8 Å². The number of hydrogen-bond donors (Lipinski definition) is 0. The molecule has 2 aromatic carbocycles. The van der Waals surface area contributed by atoms with Crippen LogP contribution in [-0.4, -0.2) is 96.2 Å². The zero-order chi connectivity index (χ0) is 35.0. The van der Waals surface area contributed by atoms with Crippen LogP contribution >= 0.6 is 11.8 Å². The number of carbonyl (C=O) groups is 5. The Morgan fingerprint density at radius 3 is 1.67 bits per heavy atom. The first kappa shape index (κ1) is 36.8. The Morgan fingerprint density at radius 1 is 0.667 bits per heavy atom. The van der Waals surface area contributed by atoms with E-state index in [0.717, 1.165) is 13.8 Å². The molecule has 2 heterocycles. The Kier molecular flexibility index (Phi) is 13.0. The molecule has 0 saturated carbocycles. The molecule has 0 spiro atoms. The normalized spacial score (nSPS) is 28.5. The van der Waals surface area contributed by atoms with Gasteiger partial charge in [0, 0.05) is 26.0 Å². The summed E-state index contributed by atoms with van der Waals surface area (Å²) in [6, 6.07) is 16.5. The third kappa shape index (κ3) is 9.78. The molecular formula is C34H40O13S. The number of hydrogen-bond acceptors (Lipinski definition) is 14. The quantitative estimate of drug-likeness (QED) is 0.247. The summed E-state index contributed by atoms with van der Waals surface area (Å²) in [5.41, 5.74) is -0.317. The van der Waals surface area contributed by atoms with Crippen molar-refractivity contribution < 1.29 is 61.9 Å². The molecule has 4 rings (SSSR count). The van der Waals surface area contributed by atoms with Crippen LogP contribution in [0.15, 0.2) is 60.7 Å². The van der Waals surface area contributed by atoms with Gasteiger partial charge in [0.25, 0.3) is 0 Å². The fraction of sp³-hybridized carbons (Fsp3) is 0.500. The third-order valence-corrected chi connectivity index (χ3v) is 8.43. The van der Waals surface area contributed by atoms with Crippen molar-refractivity contribution in [3.63, 3.8) is 0 Å². The highest BCUT2D eigenvalue weighted by Crippen LogP contribution is 2.38. The minimum Gasteiger partial charge on any atom is -0.456 e. The molecule has 2 saturated heterocycles. The van der Waals surface area contributed by atoms with Crippen LogP contribution in [0.3, 0.4) is 0 Å². The lowest BCUT2D eigenvalue weighted by Gasteiger charge is -2.47. The standard InChI is InChI=1S/C34H40O13S/c1-18(2)48-34-30(47-33-29(44-22(6)37)27(43-21(5)36)25(17-40-33)42-20(4)35)28(46-32(39)24-15-11-8-12-16-24)26(19(3)41-34)45-31(38)23-13-9-7-10-14-23/h7-16,18-19,25-30,33-34H,17H2,1-6H3/t19-,25-,26-,27-,28+,29+,30+,33-,34-/m0/s1. The molecule has 0 radical (unpaired) electrons. The first-order valence-electron chi connectivity index (χ1n) is 15.5. The predicted octanol–water partition coefficient (Wildman–Crippen LogP) is 3.86. The molecule has 0 aromatic heterocycles. The van der Waals surface area contributed by atoms with Crippen LogP contribution in [-0.2, 0) is 52.3 Å². The number of carbonyl (C=O) groups excluding carboxylic acids is 5. The van der Waals surface area contributed by atoms with Gasteiger partial charge in [0.1, 0.15) is 11.5 Å². The second-order valence-corrected chi connectivity index (χ2v) is 13.1. The van der Waals surface area contributed by atoms with E-state index in [1.165, 1.54) is 18.7 Å². The smallest absolute Gasteiger partial charge is 0.338 e. The zero-order valence-corrected chi connectivity index (χ0v) is 28.3. The minimum absolute atomic E-state index is 0.0131. The van der Waals surface area contributed by atoms with Crippen molar-refractivity contribution in [2.75, 3.05) is 6.61 Å². The fourth-order valence-electron chi connectivity index (χ4n) is 5.30. The maximum atomic E-state index is 13.5. The fourth-order valence-corrected chi connectivity index (χ4v) is 6.45. The molecule has 2 aromatic rings. The van der Waals surface area contributed by atoms with Crippen molar-refractivity contribution >= 4 is 41.6 Å². The largest absolute Gasteiger partial charge is 0.456 e. The lowest BCUT2D eigenvalue weighted by molar-refractivity contribution is -0.315. The van der Waals surface area contributed by atoms with E-state index in [2.05, 4.69) is 0 Å². The molecule has 260 valence electrons. The van der Waals surface area contributed by atoms with E-state index in [-0.39, 0.29) is 23.0 Å². The Labute approximate surface area is 282 Å². The van der Waals surface area contributed by atoms with Gasteiger partial charge in [-0.3, -0.25) is 14.4 Å². The first-order valence-corrected chi connectivity index (χ1v) is 16.4. The van der Waals surface area contributed by atoms with Crippen LogP contribution in [0.2, 0.25) is 0 Å². The number of rotatable bonds is 11. The molecule has 14 heteroatoms.